The molecule has 1 saturated heterocycles. The van der Waals surface area contributed by atoms with Crippen LogP contribution in [0, 0.1) is 0 Å². The molecule has 5 nitrogen and oxygen atoms in total. The Kier molecular flexibility index (Phi) is 2.94. The van der Waals surface area contributed by atoms with Gasteiger partial charge >= 0.3 is 6.03 Å². The molecule has 0 bridgehead atoms. The maximum atomic E-state index is 11.8. The third-order valence-electron chi connectivity index (χ3n) is 2.99. The summed E-state index contributed by atoms with van der Waals surface area (Å²) in [6, 6.07) is 7.26. The first-order valence-electron chi connectivity index (χ1n) is 5.80. The van der Waals surface area contributed by atoms with Crippen LogP contribution in [0.25, 0.3) is 10.9 Å². The molecule has 0 spiro atoms. The van der Waals surface area contributed by atoms with Crippen LogP contribution >= 0.6 is 15.9 Å². The number of benzene rings is 1. The summed E-state index contributed by atoms with van der Waals surface area (Å²) in [7, 11) is 0. The molecule has 19 heavy (non-hydrogen) atoms. The summed E-state index contributed by atoms with van der Waals surface area (Å²) < 4.78 is 0.956. The van der Waals surface area contributed by atoms with Crippen LogP contribution in [0.2, 0.25) is 0 Å². The minimum Gasteiger partial charge on any atom is -0.292 e. The Bertz CT molecular complexity index is 687. The van der Waals surface area contributed by atoms with Crippen molar-refractivity contribution in [3.63, 3.8) is 0 Å². The van der Waals surface area contributed by atoms with Crippen molar-refractivity contribution < 1.29 is 9.59 Å². The fourth-order valence-corrected chi connectivity index (χ4v) is 2.43. The Morgan fingerprint density at radius 3 is 2.89 bits per heavy atom. The first-order valence-corrected chi connectivity index (χ1v) is 6.59. The van der Waals surface area contributed by atoms with E-state index in [1.807, 2.05) is 24.3 Å². The highest BCUT2D eigenvalue weighted by Crippen LogP contribution is 2.24. The summed E-state index contributed by atoms with van der Waals surface area (Å²) in [5.41, 5.74) is 1.55. The van der Waals surface area contributed by atoms with Crippen LogP contribution in [0.1, 0.15) is 6.42 Å². The predicted octanol–water partition coefficient (Wildman–Crippen LogP) is 2.44. The Balaban J connectivity index is 2.01. The third-order valence-corrected chi connectivity index (χ3v) is 3.49. The number of nitrogens with zero attached hydrogens (tertiary/aromatic N) is 2. The van der Waals surface area contributed by atoms with Gasteiger partial charge in [0, 0.05) is 22.8 Å². The number of aromatic nitrogens is 1. The monoisotopic (exact) mass is 319 g/mol. The van der Waals surface area contributed by atoms with Crippen molar-refractivity contribution >= 4 is 44.5 Å². The van der Waals surface area contributed by atoms with Gasteiger partial charge in [-0.15, -0.1) is 0 Å². The van der Waals surface area contributed by atoms with Crippen molar-refractivity contribution in [2.24, 2.45) is 0 Å². The Morgan fingerprint density at radius 2 is 2.11 bits per heavy atom. The van der Waals surface area contributed by atoms with Crippen LogP contribution in [-0.2, 0) is 4.79 Å². The first kappa shape index (κ1) is 12.1. The zero-order valence-electron chi connectivity index (χ0n) is 9.89. The van der Waals surface area contributed by atoms with Gasteiger partial charge in [0.15, 0.2) is 0 Å². The second-order valence-electron chi connectivity index (χ2n) is 4.29. The molecule has 0 aliphatic carbocycles. The molecule has 1 aromatic heterocycles. The summed E-state index contributed by atoms with van der Waals surface area (Å²) in [6.45, 7) is 0.381. The van der Waals surface area contributed by atoms with Gasteiger partial charge in [-0.2, -0.15) is 0 Å². The summed E-state index contributed by atoms with van der Waals surface area (Å²) >= 11 is 3.41. The van der Waals surface area contributed by atoms with Gasteiger partial charge in [0.25, 0.3) is 0 Å². The average Bonchev–Trinajstić information content (AvgIpc) is 2.38. The van der Waals surface area contributed by atoms with E-state index in [0.29, 0.717) is 18.7 Å². The Hall–Kier alpha value is -1.95. The molecule has 1 fully saturated rings. The molecule has 2 heterocycles. The van der Waals surface area contributed by atoms with Crippen molar-refractivity contribution in [3.8, 4) is 0 Å². The largest absolute Gasteiger partial charge is 0.328 e. The van der Waals surface area contributed by atoms with Crippen LogP contribution in [0.4, 0.5) is 10.5 Å². The van der Waals surface area contributed by atoms with Crippen LogP contribution in [0.3, 0.4) is 0 Å². The van der Waals surface area contributed by atoms with Crippen molar-refractivity contribution in [2.75, 3.05) is 11.4 Å². The highest BCUT2D eigenvalue weighted by atomic mass is 79.9. The number of pyridine rings is 1. The van der Waals surface area contributed by atoms with Crippen LogP contribution < -0.4 is 10.2 Å². The van der Waals surface area contributed by atoms with Crippen molar-refractivity contribution in [1.29, 1.82) is 0 Å². The SMILES string of the molecule is O=C1CCN(c2cnc3ccc(Br)cc3c2)C(=O)N1. The molecular weight excluding hydrogens is 310 g/mol. The number of nitrogens with one attached hydrogen (secondary N) is 1. The number of fused-ring (bicyclic) bond motifs is 1. The summed E-state index contributed by atoms with van der Waals surface area (Å²) in [5, 5.41) is 3.24. The molecule has 1 aliphatic rings. The number of anilines is 1. The molecule has 0 unspecified atom stereocenters. The highest BCUT2D eigenvalue weighted by molar-refractivity contribution is 9.10. The molecule has 1 aromatic carbocycles. The summed E-state index contributed by atoms with van der Waals surface area (Å²) in [6.07, 6.45) is 1.95. The van der Waals surface area contributed by atoms with E-state index in [4.69, 9.17) is 0 Å². The van der Waals surface area contributed by atoms with Gasteiger partial charge in [-0.1, -0.05) is 15.9 Å². The summed E-state index contributed by atoms with van der Waals surface area (Å²) in [5.74, 6) is -0.238. The van der Waals surface area contributed by atoms with Crippen LogP contribution in [0.5, 0.6) is 0 Å². The molecule has 2 aromatic rings. The normalized spacial score (nSPS) is 15.7. The fraction of sp³-hybridized carbons (Fsp3) is 0.154. The van der Waals surface area contributed by atoms with E-state index >= 15 is 0 Å². The van der Waals surface area contributed by atoms with E-state index in [9.17, 15) is 9.59 Å². The topological polar surface area (TPSA) is 62.3 Å². The number of hydrogen-bond acceptors (Lipinski definition) is 3. The lowest BCUT2D eigenvalue weighted by Crippen LogP contribution is -2.49. The third kappa shape index (κ3) is 2.31. The van der Waals surface area contributed by atoms with Gasteiger partial charge in [-0.3, -0.25) is 20.0 Å². The fourth-order valence-electron chi connectivity index (χ4n) is 2.05. The lowest BCUT2D eigenvalue weighted by molar-refractivity contribution is -0.120. The number of hydrogen-bond donors (Lipinski definition) is 1. The molecule has 0 atom stereocenters. The quantitative estimate of drug-likeness (QED) is 0.878. The van der Waals surface area contributed by atoms with Gasteiger partial charge in [0.05, 0.1) is 17.4 Å². The molecule has 0 radical (unpaired) electrons. The van der Waals surface area contributed by atoms with E-state index < -0.39 is 6.03 Å². The molecule has 1 N–H and O–H groups in total. The van der Waals surface area contributed by atoms with Crippen molar-refractivity contribution in [2.45, 2.75) is 6.42 Å². The molecule has 96 valence electrons. The van der Waals surface area contributed by atoms with Gasteiger partial charge in [-0.25, -0.2) is 4.79 Å². The molecular formula is C13H10BrN3O2. The van der Waals surface area contributed by atoms with Gasteiger partial charge in [0.1, 0.15) is 0 Å². The van der Waals surface area contributed by atoms with Gasteiger partial charge in [-0.05, 0) is 24.3 Å². The number of rotatable bonds is 1. The van der Waals surface area contributed by atoms with E-state index in [2.05, 4.69) is 26.2 Å². The molecule has 3 rings (SSSR count). The molecule has 0 saturated carbocycles. The second kappa shape index (κ2) is 4.62. The number of amides is 3. The van der Waals surface area contributed by atoms with E-state index in [1.54, 1.807) is 6.20 Å². The standard InChI is InChI=1S/C13H10BrN3O2/c14-9-1-2-11-8(5-9)6-10(7-15-11)17-4-3-12(18)16-13(17)19/h1-2,5-7H,3-4H2,(H,16,18,19). The maximum Gasteiger partial charge on any atom is 0.328 e. The maximum absolute atomic E-state index is 11.8. The van der Waals surface area contributed by atoms with Crippen molar-refractivity contribution in [3.05, 3.63) is 34.9 Å². The predicted molar refractivity (Wildman–Crippen MR) is 74.9 cm³/mol. The van der Waals surface area contributed by atoms with Crippen LogP contribution in [0.15, 0.2) is 34.9 Å². The number of carbonyl (C=O) groups excluding carboxylic acids is 2. The molecule has 1 aliphatic heterocycles. The molecule has 6 heteroatoms. The average molecular weight is 320 g/mol. The van der Waals surface area contributed by atoms with E-state index in [1.165, 1.54) is 4.90 Å². The molecule has 3 amide bonds. The highest BCUT2D eigenvalue weighted by Gasteiger charge is 2.24. The minimum atomic E-state index is -0.396. The van der Waals surface area contributed by atoms with Gasteiger partial charge in [0.2, 0.25) is 5.91 Å². The number of imide groups is 1. The summed E-state index contributed by atoms with van der Waals surface area (Å²) in [4.78, 5) is 28.7. The van der Waals surface area contributed by atoms with E-state index in [0.717, 1.165) is 15.4 Å². The Labute approximate surface area is 117 Å². The minimum absolute atomic E-state index is 0.238. The number of carbonyl (C=O) groups is 2. The second-order valence-corrected chi connectivity index (χ2v) is 5.20. The number of urea groups is 1. The number of halogens is 1. The van der Waals surface area contributed by atoms with Crippen molar-refractivity contribution in [1.82, 2.24) is 10.3 Å². The lowest BCUT2D eigenvalue weighted by Gasteiger charge is -2.26. The van der Waals surface area contributed by atoms with Crippen LogP contribution in [-0.4, -0.2) is 23.5 Å². The van der Waals surface area contributed by atoms with Gasteiger partial charge < -0.3 is 0 Å². The smallest absolute Gasteiger partial charge is 0.292 e. The Morgan fingerprint density at radius 1 is 1.26 bits per heavy atom. The first-order chi connectivity index (χ1) is 9.13. The lowest BCUT2D eigenvalue weighted by atomic mass is 10.2. The van der Waals surface area contributed by atoms with E-state index in [-0.39, 0.29) is 5.91 Å². The zero-order valence-corrected chi connectivity index (χ0v) is 11.5. The zero-order chi connectivity index (χ0) is 13.4.